The van der Waals surface area contributed by atoms with E-state index in [1.165, 1.54) is 12.1 Å². The zero-order valence-electron chi connectivity index (χ0n) is 14.4. The molecule has 1 aliphatic heterocycles. The highest BCUT2D eigenvalue weighted by Gasteiger charge is 2.18. The highest BCUT2D eigenvalue weighted by atomic mass is 16.7. The number of benzene rings is 2. The van der Waals surface area contributed by atoms with Crippen molar-refractivity contribution in [2.75, 3.05) is 13.4 Å². The normalized spacial score (nSPS) is 13.2. The minimum atomic E-state index is -0.753. The van der Waals surface area contributed by atoms with Gasteiger partial charge in [-0.3, -0.25) is 4.79 Å². The van der Waals surface area contributed by atoms with Crippen LogP contribution in [0.1, 0.15) is 34.5 Å². The van der Waals surface area contributed by atoms with E-state index in [-0.39, 0.29) is 24.1 Å². The Bertz CT molecular complexity index is 848. The Kier molecular flexibility index (Phi) is 4.97. The van der Waals surface area contributed by atoms with Crippen molar-refractivity contribution in [3.8, 4) is 17.2 Å². The maximum atomic E-state index is 12.0. The third-order valence-electron chi connectivity index (χ3n) is 3.98. The number of carbonyl (C=O) groups is 2. The van der Waals surface area contributed by atoms with Gasteiger partial charge in [-0.15, -0.1) is 0 Å². The van der Waals surface area contributed by atoms with Crippen LogP contribution in [0.2, 0.25) is 0 Å². The fourth-order valence-corrected chi connectivity index (χ4v) is 2.57. The quantitative estimate of drug-likeness (QED) is 0.799. The lowest BCUT2D eigenvalue weighted by atomic mass is 10.1. The van der Waals surface area contributed by atoms with Crippen LogP contribution in [0.15, 0.2) is 36.4 Å². The van der Waals surface area contributed by atoms with Crippen LogP contribution >= 0.6 is 0 Å². The third-order valence-corrected chi connectivity index (χ3v) is 3.98. The molecule has 1 heterocycles. The number of rotatable bonds is 5. The zero-order valence-corrected chi connectivity index (χ0v) is 14.4. The number of ether oxygens (including phenoxy) is 3. The molecule has 136 valence electrons. The number of nitrogens with one attached hydrogen (secondary N) is 1. The van der Waals surface area contributed by atoms with Crippen LogP contribution in [0.4, 0.5) is 0 Å². The van der Waals surface area contributed by atoms with Crippen molar-refractivity contribution in [3.05, 3.63) is 53.1 Å². The molecule has 2 aromatic carbocycles. The summed E-state index contributed by atoms with van der Waals surface area (Å²) in [6.45, 7) is 3.34. The maximum Gasteiger partial charge on any atom is 0.342 e. The second-order valence-electron chi connectivity index (χ2n) is 6.00. The van der Waals surface area contributed by atoms with Gasteiger partial charge in [0, 0.05) is 0 Å². The molecule has 0 unspecified atom stereocenters. The number of hydrogen-bond acceptors (Lipinski definition) is 6. The Morgan fingerprint density at radius 2 is 1.96 bits per heavy atom. The number of amides is 1. The monoisotopic (exact) mass is 357 g/mol. The number of fused-ring (bicyclic) bond motifs is 1. The van der Waals surface area contributed by atoms with Gasteiger partial charge in [0.25, 0.3) is 5.91 Å². The molecule has 7 nitrogen and oxygen atoms in total. The van der Waals surface area contributed by atoms with Crippen molar-refractivity contribution in [1.29, 1.82) is 0 Å². The van der Waals surface area contributed by atoms with Gasteiger partial charge in [-0.1, -0.05) is 17.7 Å². The summed E-state index contributed by atoms with van der Waals surface area (Å²) < 4.78 is 15.5. The topological polar surface area (TPSA) is 94.1 Å². The zero-order chi connectivity index (χ0) is 18.7. The molecular weight excluding hydrogens is 338 g/mol. The predicted octanol–water partition coefficient (Wildman–Crippen LogP) is 2.46. The number of carbonyl (C=O) groups excluding carboxylic acids is 2. The molecular formula is C19H19NO6. The lowest BCUT2D eigenvalue weighted by Gasteiger charge is -2.15. The SMILES string of the molecule is Cc1ccc(O)c(C(=O)OCC(=O)N[C@@H](C)c2ccc3c(c2)OCO3)c1. The summed E-state index contributed by atoms with van der Waals surface area (Å²) in [6, 6.07) is 9.69. The van der Waals surface area contributed by atoms with E-state index in [0.717, 1.165) is 11.1 Å². The van der Waals surface area contributed by atoms with E-state index in [1.807, 2.05) is 13.0 Å². The van der Waals surface area contributed by atoms with Crippen LogP contribution in [0.3, 0.4) is 0 Å². The fourth-order valence-electron chi connectivity index (χ4n) is 2.57. The number of esters is 1. The molecule has 0 aliphatic carbocycles. The van der Waals surface area contributed by atoms with Crippen molar-refractivity contribution >= 4 is 11.9 Å². The maximum absolute atomic E-state index is 12.0. The molecule has 26 heavy (non-hydrogen) atoms. The van der Waals surface area contributed by atoms with E-state index >= 15 is 0 Å². The first-order valence-corrected chi connectivity index (χ1v) is 8.09. The van der Waals surface area contributed by atoms with Crippen molar-refractivity contribution in [2.24, 2.45) is 0 Å². The van der Waals surface area contributed by atoms with Crippen molar-refractivity contribution < 1.29 is 28.9 Å². The van der Waals surface area contributed by atoms with E-state index in [1.54, 1.807) is 25.1 Å². The number of phenols is 1. The van der Waals surface area contributed by atoms with Crippen LogP contribution in [0.25, 0.3) is 0 Å². The minimum absolute atomic E-state index is 0.0293. The van der Waals surface area contributed by atoms with Crippen LogP contribution in [0.5, 0.6) is 17.2 Å². The third kappa shape index (κ3) is 3.88. The lowest BCUT2D eigenvalue weighted by Crippen LogP contribution is -2.31. The Balaban J connectivity index is 1.55. The first-order chi connectivity index (χ1) is 12.4. The van der Waals surface area contributed by atoms with Gasteiger partial charge in [0.1, 0.15) is 11.3 Å². The molecule has 2 aromatic rings. The molecule has 0 spiro atoms. The average molecular weight is 357 g/mol. The van der Waals surface area contributed by atoms with Gasteiger partial charge < -0.3 is 24.6 Å². The smallest absolute Gasteiger partial charge is 0.342 e. The molecule has 1 amide bonds. The lowest BCUT2D eigenvalue weighted by molar-refractivity contribution is -0.124. The van der Waals surface area contributed by atoms with E-state index < -0.39 is 18.5 Å². The summed E-state index contributed by atoms with van der Waals surface area (Å²) in [5.41, 5.74) is 1.67. The minimum Gasteiger partial charge on any atom is -0.507 e. The molecule has 3 rings (SSSR count). The van der Waals surface area contributed by atoms with Gasteiger partial charge in [-0.05, 0) is 43.7 Å². The van der Waals surface area contributed by atoms with E-state index in [2.05, 4.69) is 5.32 Å². The summed E-state index contributed by atoms with van der Waals surface area (Å²) in [7, 11) is 0. The first-order valence-electron chi connectivity index (χ1n) is 8.09. The molecule has 0 fully saturated rings. The van der Waals surface area contributed by atoms with Crippen LogP contribution in [0, 0.1) is 6.92 Å². The van der Waals surface area contributed by atoms with Gasteiger partial charge in [-0.2, -0.15) is 0 Å². The fraction of sp³-hybridized carbons (Fsp3) is 0.263. The molecule has 1 atom stereocenters. The average Bonchev–Trinajstić information content (AvgIpc) is 3.09. The second-order valence-corrected chi connectivity index (χ2v) is 6.00. The number of hydrogen-bond donors (Lipinski definition) is 2. The molecule has 2 N–H and O–H groups in total. The first kappa shape index (κ1) is 17.6. The summed E-state index contributed by atoms with van der Waals surface area (Å²) in [5, 5.41) is 12.5. The van der Waals surface area contributed by atoms with Crippen LogP contribution < -0.4 is 14.8 Å². The molecule has 0 saturated carbocycles. The second kappa shape index (κ2) is 7.35. The van der Waals surface area contributed by atoms with Gasteiger partial charge >= 0.3 is 5.97 Å². The summed E-state index contributed by atoms with van der Waals surface area (Å²) in [4.78, 5) is 24.1. The highest BCUT2D eigenvalue weighted by Crippen LogP contribution is 2.34. The molecule has 0 radical (unpaired) electrons. The highest BCUT2D eigenvalue weighted by molar-refractivity contribution is 5.94. The summed E-state index contributed by atoms with van der Waals surface area (Å²) >= 11 is 0. The van der Waals surface area contributed by atoms with Crippen molar-refractivity contribution in [2.45, 2.75) is 19.9 Å². The molecule has 0 aromatic heterocycles. The summed E-state index contributed by atoms with van der Waals surface area (Å²) in [5.74, 6) is -0.0911. The standard InChI is InChI=1S/C19H19NO6/c1-11-3-5-15(21)14(7-11)19(23)24-9-18(22)20-12(2)13-4-6-16-17(8-13)26-10-25-16/h3-8,12,21H,9-10H2,1-2H3,(H,20,22)/t12-/m0/s1. The van der Waals surface area contributed by atoms with Crippen LogP contribution in [-0.2, 0) is 9.53 Å². The van der Waals surface area contributed by atoms with Crippen molar-refractivity contribution in [1.82, 2.24) is 5.32 Å². The summed E-state index contributed by atoms with van der Waals surface area (Å²) in [6.07, 6.45) is 0. The molecule has 0 bridgehead atoms. The number of aryl methyl sites for hydroxylation is 1. The predicted molar refractivity (Wildman–Crippen MR) is 92.2 cm³/mol. The number of phenolic OH excluding ortho intramolecular Hbond substituents is 1. The molecule has 1 aliphatic rings. The Hall–Kier alpha value is -3.22. The van der Waals surface area contributed by atoms with Gasteiger partial charge in [0.2, 0.25) is 6.79 Å². The Morgan fingerprint density at radius 3 is 2.77 bits per heavy atom. The van der Waals surface area contributed by atoms with Crippen molar-refractivity contribution in [3.63, 3.8) is 0 Å². The van der Waals surface area contributed by atoms with Crippen LogP contribution in [-0.4, -0.2) is 30.4 Å². The van der Waals surface area contributed by atoms with Gasteiger partial charge in [0.15, 0.2) is 18.1 Å². The van der Waals surface area contributed by atoms with Gasteiger partial charge in [0.05, 0.1) is 6.04 Å². The molecule has 0 saturated heterocycles. The number of aromatic hydroxyl groups is 1. The Morgan fingerprint density at radius 1 is 1.19 bits per heavy atom. The van der Waals surface area contributed by atoms with Gasteiger partial charge in [-0.25, -0.2) is 4.79 Å². The Labute approximate surface area is 150 Å². The van der Waals surface area contributed by atoms with E-state index in [4.69, 9.17) is 14.2 Å². The van der Waals surface area contributed by atoms with E-state index in [0.29, 0.717) is 11.5 Å². The molecule has 7 heteroatoms. The van der Waals surface area contributed by atoms with E-state index in [9.17, 15) is 14.7 Å². The largest absolute Gasteiger partial charge is 0.507 e.